The molecule has 0 saturated heterocycles. The van der Waals surface area contributed by atoms with Crippen LogP contribution in [0.2, 0.25) is 0 Å². The normalized spacial score (nSPS) is 10.3. The highest BCUT2D eigenvalue weighted by Gasteiger charge is 2.13. The van der Waals surface area contributed by atoms with Crippen molar-refractivity contribution in [3.63, 3.8) is 0 Å². The van der Waals surface area contributed by atoms with Crippen LogP contribution in [-0.4, -0.2) is 33.8 Å². The molecule has 0 bridgehead atoms. The Kier molecular flexibility index (Phi) is 4.15. The van der Waals surface area contributed by atoms with Crippen LogP contribution in [0.25, 0.3) is 5.69 Å². The van der Waals surface area contributed by atoms with Gasteiger partial charge < -0.3 is 4.74 Å². The first kappa shape index (κ1) is 14.9. The summed E-state index contributed by atoms with van der Waals surface area (Å²) in [6, 6.07) is 8.80. The quantitative estimate of drug-likeness (QED) is 0.743. The molecule has 8 heteroatoms. The van der Waals surface area contributed by atoms with Crippen molar-refractivity contribution in [3.05, 3.63) is 59.4 Å². The molecule has 1 N–H and O–H groups in total. The maximum atomic E-state index is 12.2. The smallest absolute Gasteiger partial charge is 0.349 e. The lowest BCUT2D eigenvalue weighted by Gasteiger charge is -2.04. The highest BCUT2D eigenvalue weighted by Crippen LogP contribution is 2.19. The second kappa shape index (κ2) is 6.41. The third kappa shape index (κ3) is 3.27. The number of carbonyl (C=O) groups excluding carboxylic acids is 2. The third-order valence-electron chi connectivity index (χ3n) is 3.01. The maximum absolute atomic E-state index is 12.2. The van der Waals surface area contributed by atoms with Gasteiger partial charge in [-0.3, -0.25) is 10.1 Å². The molecule has 1 aromatic carbocycles. The van der Waals surface area contributed by atoms with Crippen LogP contribution in [-0.2, 0) is 4.74 Å². The van der Waals surface area contributed by atoms with Gasteiger partial charge in [0, 0.05) is 18.0 Å². The second-order valence-corrected chi connectivity index (χ2v) is 5.50. The molecule has 1 amide bonds. The maximum Gasteiger partial charge on any atom is 0.349 e. The number of ether oxygens (including phenoxy) is 1. The SMILES string of the molecule is COC(=O)c1cnc(NC(=O)c2ccc(-n3cccn3)cc2)s1. The minimum absolute atomic E-state index is 0.303. The number of rotatable bonds is 4. The van der Waals surface area contributed by atoms with E-state index in [2.05, 4.69) is 20.1 Å². The number of hydrogen-bond acceptors (Lipinski definition) is 6. The largest absolute Gasteiger partial charge is 0.465 e. The molecule has 0 saturated carbocycles. The van der Waals surface area contributed by atoms with Crippen LogP contribution in [0.4, 0.5) is 5.13 Å². The standard InChI is InChI=1S/C15H12N4O3S/c1-22-14(21)12-9-16-15(23-12)18-13(20)10-3-5-11(6-4-10)19-8-2-7-17-19/h2-9H,1H3,(H,16,18,20). The van der Waals surface area contributed by atoms with Gasteiger partial charge in [-0.05, 0) is 30.3 Å². The lowest BCUT2D eigenvalue weighted by molar-refractivity contribution is 0.0606. The number of benzene rings is 1. The third-order valence-corrected chi connectivity index (χ3v) is 3.90. The van der Waals surface area contributed by atoms with Crippen LogP contribution in [0, 0.1) is 0 Å². The van der Waals surface area contributed by atoms with Crippen molar-refractivity contribution in [2.24, 2.45) is 0 Å². The number of carbonyl (C=O) groups is 2. The molecule has 0 fully saturated rings. The van der Waals surface area contributed by atoms with Crippen LogP contribution in [0.1, 0.15) is 20.0 Å². The Morgan fingerprint density at radius 2 is 2.04 bits per heavy atom. The summed E-state index contributed by atoms with van der Waals surface area (Å²) in [4.78, 5) is 27.8. The lowest BCUT2D eigenvalue weighted by Crippen LogP contribution is -2.11. The number of thiazole rings is 1. The van der Waals surface area contributed by atoms with E-state index in [4.69, 9.17) is 0 Å². The molecular formula is C15H12N4O3S. The number of aromatic nitrogens is 3. The molecule has 0 aliphatic carbocycles. The van der Waals surface area contributed by atoms with E-state index in [9.17, 15) is 9.59 Å². The summed E-state index contributed by atoms with van der Waals surface area (Å²) in [7, 11) is 1.29. The monoisotopic (exact) mass is 328 g/mol. The van der Waals surface area contributed by atoms with Crippen molar-refractivity contribution in [1.29, 1.82) is 0 Å². The first-order valence-corrected chi connectivity index (χ1v) is 7.44. The molecule has 0 atom stereocenters. The summed E-state index contributed by atoms with van der Waals surface area (Å²) in [5.74, 6) is -0.783. The summed E-state index contributed by atoms with van der Waals surface area (Å²) >= 11 is 1.06. The fourth-order valence-corrected chi connectivity index (χ4v) is 2.61. The topological polar surface area (TPSA) is 86.1 Å². The molecule has 3 aromatic rings. The first-order valence-electron chi connectivity index (χ1n) is 6.63. The number of esters is 1. The van der Waals surface area contributed by atoms with E-state index in [1.165, 1.54) is 13.3 Å². The predicted molar refractivity (Wildman–Crippen MR) is 85.0 cm³/mol. The molecule has 2 aromatic heterocycles. The van der Waals surface area contributed by atoms with Crippen LogP contribution in [0.5, 0.6) is 0 Å². The van der Waals surface area contributed by atoms with E-state index in [0.717, 1.165) is 17.0 Å². The zero-order chi connectivity index (χ0) is 16.2. The molecule has 3 rings (SSSR count). The molecule has 116 valence electrons. The molecule has 2 heterocycles. The van der Waals surface area contributed by atoms with Gasteiger partial charge in [0.05, 0.1) is 19.0 Å². The van der Waals surface area contributed by atoms with Gasteiger partial charge in [-0.2, -0.15) is 5.10 Å². The fraction of sp³-hybridized carbons (Fsp3) is 0.0667. The van der Waals surface area contributed by atoms with Crippen LogP contribution in [0.15, 0.2) is 48.9 Å². The number of nitrogens with one attached hydrogen (secondary N) is 1. The van der Waals surface area contributed by atoms with E-state index in [1.54, 1.807) is 35.1 Å². The molecule has 23 heavy (non-hydrogen) atoms. The number of anilines is 1. The first-order chi connectivity index (χ1) is 11.2. The zero-order valence-corrected chi connectivity index (χ0v) is 12.9. The van der Waals surface area contributed by atoms with E-state index < -0.39 is 5.97 Å². The lowest BCUT2D eigenvalue weighted by atomic mass is 10.2. The Balaban J connectivity index is 1.71. The minimum Gasteiger partial charge on any atom is -0.465 e. The van der Waals surface area contributed by atoms with E-state index in [1.807, 2.05) is 12.3 Å². The molecule has 0 radical (unpaired) electrons. The van der Waals surface area contributed by atoms with E-state index in [0.29, 0.717) is 15.6 Å². The van der Waals surface area contributed by atoms with Crippen molar-refractivity contribution in [2.75, 3.05) is 12.4 Å². The average molecular weight is 328 g/mol. The fourth-order valence-electron chi connectivity index (χ4n) is 1.88. The number of amides is 1. The molecule has 0 aliphatic heterocycles. The van der Waals surface area contributed by atoms with Crippen LogP contribution < -0.4 is 5.32 Å². The molecule has 0 spiro atoms. The summed E-state index contributed by atoms with van der Waals surface area (Å²) in [5.41, 5.74) is 1.34. The number of nitrogens with zero attached hydrogens (tertiary/aromatic N) is 3. The van der Waals surface area contributed by atoms with Gasteiger partial charge in [-0.15, -0.1) is 0 Å². The van der Waals surface area contributed by atoms with Gasteiger partial charge in [0.1, 0.15) is 4.88 Å². The molecule has 7 nitrogen and oxygen atoms in total. The summed E-state index contributed by atoms with van der Waals surface area (Å²) < 4.78 is 6.30. The van der Waals surface area contributed by atoms with Crippen LogP contribution in [0.3, 0.4) is 0 Å². The van der Waals surface area contributed by atoms with E-state index in [-0.39, 0.29) is 5.91 Å². The van der Waals surface area contributed by atoms with Gasteiger partial charge in [-0.1, -0.05) is 11.3 Å². The van der Waals surface area contributed by atoms with Crippen LogP contribution >= 0.6 is 11.3 Å². The number of hydrogen-bond donors (Lipinski definition) is 1. The summed E-state index contributed by atoms with van der Waals surface area (Å²) in [6.07, 6.45) is 4.87. The minimum atomic E-state index is -0.480. The van der Waals surface area contributed by atoms with Crippen molar-refractivity contribution >= 4 is 28.3 Å². The Morgan fingerprint density at radius 3 is 2.70 bits per heavy atom. The molecular weight excluding hydrogens is 316 g/mol. The Hall–Kier alpha value is -3.00. The van der Waals surface area contributed by atoms with Crippen molar-refractivity contribution in [3.8, 4) is 5.69 Å². The van der Waals surface area contributed by atoms with Gasteiger partial charge in [0.15, 0.2) is 5.13 Å². The summed E-state index contributed by atoms with van der Waals surface area (Å²) in [5, 5.41) is 7.11. The zero-order valence-electron chi connectivity index (χ0n) is 12.1. The summed E-state index contributed by atoms with van der Waals surface area (Å²) in [6.45, 7) is 0. The van der Waals surface area contributed by atoms with Gasteiger partial charge in [0.2, 0.25) is 0 Å². The predicted octanol–water partition coefficient (Wildman–Crippen LogP) is 2.37. The van der Waals surface area contributed by atoms with E-state index >= 15 is 0 Å². The van der Waals surface area contributed by atoms with Crippen molar-refractivity contribution in [1.82, 2.24) is 14.8 Å². The Labute approximate surface area is 135 Å². The van der Waals surface area contributed by atoms with Gasteiger partial charge in [0.25, 0.3) is 5.91 Å². The molecule has 0 unspecified atom stereocenters. The number of methoxy groups -OCH3 is 1. The Morgan fingerprint density at radius 1 is 1.26 bits per heavy atom. The average Bonchev–Trinajstić information content (AvgIpc) is 3.26. The highest BCUT2D eigenvalue weighted by atomic mass is 32.1. The van der Waals surface area contributed by atoms with Gasteiger partial charge >= 0.3 is 5.97 Å². The molecule has 0 aliphatic rings. The second-order valence-electron chi connectivity index (χ2n) is 4.47. The van der Waals surface area contributed by atoms with Gasteiger partial charge in [-0.25, -0.2) is 14.5 Å². The van der Waals surface area contributed by atoms with Crippen molar-refractivity contribution < 1.29 is 14.3 Å². The Bertz CT molecular complexity index is 825. The highest BCUT2D eigenvalue weighted by molar-refractivity contribution is 7.17. The van der Waals surface area contributed by atoms with Crippen molar-refractivity contribution in [2.45, 2.75) is 0 Å².